The minimum absolute atomic E-state index is 0.468. The summed E-state index contributed by atoms with van der Waals surface area (Å²) in [6.07, 6.45) is 6.80. The summed E-state index contributed by atoms with van der Waals surface area (Å²) >= 11 is 0. The molecule has 0 aromatic rings. The summed E-state index contributed by atoms with van der Waals surface area (Å²) in [5.41, 5.74) is 0.468. The fraction of sp³-hybridized carbons (Fsp3) is 1.00. The maximum absolute atomic E-state index is 5.26. The molecule has 0 aromatic carbocycles. The zero-order chi connectivity index (χ0) is 15.9. The average Bonchev–Trinajstić information content (AvgIpc) is 2.38. The van der Waals surface area contributed by atoms with Crippen molar-refractivity contribution in [3.05, 3.63) is 0 Å². The quantitative estimate of drug-likeness (QED) is 0.654. The predicted molar refractivity (Wildman–Crippen MR) is 92.6 cm³/mol. The molecule has 1 fully saturated rings. The van der Waals surface area contributed by atoms with Crippen molar-refractivity contribution in [2.45, 2.75) is 66.7 Å². The van der Waals surface area contributed by atoms with Gasteiger partial charge in [0.15, 0.2) is 0 Å². The summed E-state index contributed by atoms with van der Waals surface area (Å²) in [6.45, 7) is 15.1. The van der Waals surface area contributed by atoms with E-state index < -0.39 is 0 Å². The second-order valence-corrected chi connectivity index (χ2v) is 8.58. The van der Waals surface area contributed by atoms with E-state index >= 15 is 0 Å². The van der Waals surface area contributed by atoms with E-state index in [0.29, 0.717) is 5.41 Å². The maximum Gasteiger partial charge on any atom is 0.0462 e. The van der Waals surface area contributed by atoms with Gasteiger partial charge in [0.2, 0.25) is 0 Å². The van der Waals surface area contributed by atoms with E-state index in [9.17, 15) is 0 Å². The highest BCUT2D eigenvalue weighted by Gasteiger charge is 2.35. The predicted octanol–water partition coefficient (Wildman–Crippen LogP) is 4.74. The van der Waals surface area contributed by atoms with E-state index in [1.165, 1.54) is 38.6 Å². The third-order valence-electron chi connectivity index (χ3n) is 5.25. The molecule has 1 rings (SSSR count). The minimum Gasteiger partial charge on any atom is -0.385 e. The van der Waals surface area contributed by atoms with Crippen molar-refractivity contribution in [3.8, 4) is 0 Å². The monoisotopic (exact) mass is 297 g/mol. The number of rotatable bonds is 8. The molecular weight excluding hydrogens is 258 g/mol. The molecule has 1 saturated carbocycles. The highest BCUT2D eigenvalue weighted by atomic mass is 16.5. The molecule has 0 radical (unpaired) electrons. The van der Waals surface area contributed by atoms with Crippen molar-refractivity contribution in [2.24, 2.45) is 29.1 Å². The molecular formula is C19H39NO. The van der Waals surface area contributed by atoms with Gasteiger partial charge < -0.3 is 10.1 Å². The molecule has 3 unspecified atom stereocenters. The number of nitrogens with one attached hydrogen (secondary N) is 1. The molecule has 1 N–H and O–H groups in total. The van der Waals surface area contributed by atoms with Gasteiger partial charge in [-0.1, -0.05) is 34.6 Å². The second kappa shape index (κ2) is 9.15. The summed E-state index contributed by atoms with van der Waals surface area (Å²) < 4.78 is 5.26. The van der Waals surface area contributed by atoms with Gasteiger partial charge in [-0.15, -0.1) is 0 Å². The van der Waals surface area contributed by atoms with Crippen LogP contribution in [0.5, 0.6) is 0 Å². The molecule has 1 aliphatic rings. The van der Waals surface area contributed by atoms with Gasteiger partial charge in [-0.05, 0) is 74.3 Å². The van der Waals surface area contributed by atoms with Crippen molar-refractivity contribution in [2.75, 3.05) is 26.8 Å². The van der Waals surface area contributed by atoms with Crippen molar-refractivity contribution < 1.29 is 4.74 Å². The Morgan fingerprint density at radius 3 is 2.43 bits per heavy atom. The molecule has 2 nitrogen and oxygen atoms in total. The van der Waals surface area contributed by atoms with E-state index in [1.54, 1.807) is 0 Å². The van der Waals surface area contributed by atoms with Crippen LogP contribution in [0, 0.1) is 29.1 Å². The SMILES string of the molecule is COCCCC1CC(C(C)(C)C)CCC1CNCC(C)C. The van der Waals surface area contributed by atoms with Crippen LogP contribution >= 0.6 is 0 Å². The molecule has 3 atom stereocenters. The van der Waals surface area contributed by atoms with E-state index in [0.717, 1.165) is 36.8 Å². The summed E-state index contributed by atoms with van der Waals surface area (Å²) in [7, 11) is 1.82. The summed E-state index contributed by atoms with van der Waals surface area (Å²) in [6, 6.07) is 0. The first-order valence-electron chi connectivity index (χ1n) is 9.04. The van der Waals surface area contributed by atoms with Crippen LogP contribution in [0.4, 0.5) is 0 Å². The normalized spacial score (nSPS) is 27.3. The van der Waals surface area contributed by atoms with Crippen LogP contribution in [-0.2, 0) is 4.74 Å². The molecule has 0 spiro atoms. The van der Waals surface area contributed by atoms with Crippen LogP contribution in [0.2, 0.25) is 0 Å². The Morgan fingerprint density at radius 2 is 1.86 bits per heavy atom. The molecule has 0 aromatic heterocycles. The summed E-state index contributed by atoms with van der Waals surface area (Å²) in [4.78, 5) is 0. The first-order chi connectivity index (χ1) is 9.84. The van der Waals surface area contributed by atoms with Crippen molar-refractivity contribution in [1.82, 2.24) is 5.32 Å². The Labute approximate surface area is 133 Å². The fourth-order valence-electron chi connectivity index (χ4n) is 3.78. The Bertz CT molecular complexity index is 269. The van der Waals surface area contributed by atoms with Gasteiger partial charge >= 0.3 is 0 Å². The number of hydrogen-bond donors (Lipinski definition) is 1. The molecule has 0 bridgehead atoms. The second-order valence-electron chi connectivity index (χ2n) is 8.58. The summed E-state index contributed by atoms with van der Waals surface area (Å²) in [5, 5.41) is 3.70. The van der Waals surface area contributed by atoms with Gasteiger partial charge in [-0.25, -0.2) is 0 Å². The molecule has 0 aliphatic heterocycles. The zero-order valence-electron chi connectivity index (χ0n) is 15.4. The van der Waals surface area contributed by atoms with Crippen molar-refractivity contribution >= 4 is 0 Å². The third kappa shape index (κ3) is 7.15. The average molecular weight is 298 g/mol. The molecule has 0 heterocycles. The van der Waals surface area contributed by atoms with Gasteiger partial charge in [0.25, 0.3) is 0 Å². The Balaban J connectivity index is 2.51. The lowest BCUT2D eigenvalue weighted by Gasteiger charge is -2.42. The van der Waals surface area contributed by atoms with Crippen LogP contribution < -0.4 is 5.32 Å². The maximum atomic E-state index is 5.26. The third-order valence-corrected chi connectivity index (χ3v) is 5.25. The molecule has 0 saturated heterocycles. The lowest BCUT2D eigenvalue weighted by atomic mass is 9.64. The molecule has 1 aliphatic carbocycles. The van der Waals surface area contributed by atoms with Crippen molar-refractivity contribution in [3.63, 3.8) is 0 Å². The summed E-state index contributed by atoms with van der Waals surface area (Å²) in [5.74, 6) is 3.41. The first kappa shape index (κ1) is 19.0. The smallest absolute Gasteiger partial charge is 0.0462 e. The molecule has 21 heavy (non-hydrogen) atoms. The van der Waals surface area contributed by atoms with Crippen LogP contribution in [-0.4, -0.2) is 26.8 Å². The highest BCUT2D eigenvalue weighted by molar-refractivity contribution is 4.86. The first-order valence-corrected chi connectivity index (χ1v) is 9.04. The molecule has 0 amide bonds. The largest absolute Gasteiger partial charge is 0.385 e. The Kier molecular flexibility index (Phi) is 8.26. The van der Waals surface area contributed by atoms with Gasteiger partial charge in [-0.2, -0.15) is 0 Å². The molecule has 2 heteroatoms. The highest BCUT2D eigenvalue weighted by Crippen LogP contribution is 2.44. The van der Waals surface area contributed by atoms with E-state index in [4.69, 9.17) is 4.74 Å². The van der Waals surface area contributed by atoms with Crippen LogP contribution in [0.15, 0.2) is 0 Å². The number of methoxy groups -OCH3 is 1. The van der Waals surface area contributed by atoms with E-state index in [-0.39, 0.29) is 0 Å². The van der Waals surface area contributed by atoms with Crippen molar-refractivity contribution in [1.29, 1.82) is 0 Å². The Hall–Kier alpha value is -0.0800. The zero-order valence-corrected chi connectivity index (χ0v) is 15.4. The van der Waals surface area contributed by atoms with Crippen LogP contribution in [0.3, 0.4) is 0 Å². The van der Waals surface area contributed by atoms with Crippen LogP contribution in [0.25, 0.3) is 0 Å². The fourth-order valence-corrected chi connectivity index (χ4v) is 3.78. The standard InChI is InChI=1S/C19H39NO/c1-15(2)13-20-14-17-9-10-18(19(3,4)5)12-16(17)8-7-11-21-6/h15-18,20H,7-14H2,1-6H3. The topological polar surface area (TPSA) is 21.3 Å². The van der Waals surface area contributed by atoms with Gasteiger partial charge in [-0.3, -0.25) is 0 Å². The number of ether oxygens (including phenoxy) is 1. The molecule has 126 valence electrons. The van der Waals surface area contributed by atoms with Gasteiger partial charge in [0.05, 0.1) is 0 Å². The van der Waals surface area contributed by atoms with E-state index in [2.05, 4.69) is 39.9 Å². The lowest BCUT2D eigenvalue weighted by molar-refractivity contribution is 0.0847. The Morgan fingerprint density at radius 1 is 1.14 bits per heavy atom. The number of hydrogen-bond acceptors (Lipinski definition) is 2. The van der Waals surface area contributed by atoms with E-state index in [1.807, 2.05) is 7.11 Å². The van der Waals surface area contributed by atoms with Gasteiger partial charge in [0.1, 0.15) is 0 Å². The van der Waals surface area contributed by atoms with Crippen LogP contribution in [0.1, 0.15) is 66.7 Å². The van der Waals surface area contributed by atoms with Gasteiger partial charge in [0, 0.05) is 13.7 Å². The lowest BCUT2D eigenvalue weighted by Crippen LogP contribution is -2.37. The minimum atomic E-state index is 0.468.